The van der Waals surface area contributed by atoms with E-state index in [1.54, 1.807) is 11.3 Å². The van der Waals surface area contributed by atoms with Gasteiger partial charge in [-0.1, -0.05) is 43.2 Å². The summed E-state index contributed by atoms with van der Waals surface area (Å²) in [6.07, 6.45) is 6.25. The normalized spacial score (nSPS) is 16.3. The van der Waals surface area contributed by atoms with Crippen LogP contribution in [0.4, 0.5) is 0 Å². The van der Waals surface area contributed by atoms with E-state index >= 15 is 0 Å². The molecule has 0 unspecified atom stereocenters. The number of rotatable bonds is 4. The predicted molar refractivity (Wildman–Crippen MR) is 106 cm³/mol. The summed E-state index contributed by atoms with van der Waals surface area (Å²) < 4.78 is 2.14. The van der Waals surface area contributed by atoms with Crippen LogP contribution in [0, 0.1) is 13.8 Å². The summed E-state index contributed by atoms with van der Waals surface area (Å²) in [5.74, 6) is 0.238. The molecule has 2 heterocycles. The van der Waals surface area contributed by atoms with Gasteiger partial charge in [0, 0.05) is 18.1 Å². The number of carbonyl (C=O) groups is 1. The van der Waals surface area contributed by atoms with E-state index in [2.05, 4.69) is 34.6 Å². The second kappa shape index (κ2) is 6.54. The number of imidazole rings is 1. The molecule has 136 valence electrons. The monoisotopic (exact) mass is 367 g/mol. The van der Waals surface area contributed by atoms with Gasteiger partial charge in [0.15, 0.2) is 4.96 Å². The van der Waals surface area contributed by atoms with Crippen LogP contribution in [0.25, 0.3) is 4.96 Å². The van der Waals surface area contributed by atoms with Gasteiger partial charge < -0.3 is 4.90 Å². The van der Waals surface area contributed by atoms with Crippen LogP contribution in [0.1, 0.15) is 47.5 Å². The molecule has 0 saturated heterocycles. The van der Waals surface area contributed by atoms with Crippen molar-refractivity contribution in [3.05, 3.63) is 58.4 Å². The molecule has 0 atom stereocenters. The fourth-order valence-electron chi connectivity index (χ4n) is 4.32. The molecular weight excluding hydrogens is 342 g/mol. The molecule has 1 fully saturated rings. The highest BCUT2D eigenvalue weighted by atomic mass is 32.1. The first kappa shape index (κ1) is 17.3. The maximum atomic E-state index is 13.5. The molecule has 1 amide bonds. The maximum absolute atomic E-state index is 13.5. The van der Waals surface area contributed by atoms with Gasteiger partial charge in [-0.25, -0.2) is 4.98 Å². The molecule has 1 aliphatic rings. The van der Waals surface area contributed by atoms with Crippen molar-refractivity contribution in [1.82, 2.24) is 14.3 Å². The van der Waals surface area contributed by atoms with Crippen molar-refractivity contribution in [2.24, 2.45) is 0 Å². The molecule has 5 heteroatoms. The van der Waals surface area contributed by atoms with Gasteiger partial charge in [-0.2, -0.15) is 0 Å². The molecule has 0 aliphatic heterocycles. The van der Waals surface area contributed by atoms with Crippen molar-refractivity contribution >= 4 is 22.2 Å². The Bertz CT molecular complexity index is 935. The average molecular weight is 368 g/mol. The Morgan fingerprint density at radius 2 is 1.92 bits per heavy atom. The number of likely N-dealkylation sites (N-methyl/N-ethyl adjacent to an activating group) is 1. The number of carbonyl (C=O) groups excluding carboxylic acids is 1. The third-order valence-corrected chi connectivity index (χ3v) is 6.57. The number of nitrogens with zero attached hydrogens (tertiary/aromatic N) is 3. The zero-order chi connectivity index (χ0) is 18.3. The van der Waals surface area contributed by atoms with E-state index in [1.807, 2.05) is 37.1 Å². The molecule has 26 heavy (non-hydrogen) atoms. The fourth-order valence-corrected chi connectivity index (χ4v) is 5.21. The second-order valence-corrected chi connectivity index (χ2v) is 8.67. The van der Waals surface area contributed by atoms with Gasteiger partial charge in [0.2, 0.25) is 5.91 Å². The van der Waals surface area contributed by atoms with Gasteiger partial charge in [0.25, 0.3) is 0 Å². The van der Waals surface area contributed by atoms with Gasteiger partial charge in [0.1, 0.15) is 0 Å². The van der Waals surface area contributed by atoms with E-state index in [0.717, 1.165) is 47.6 Å². The lowest BCUT2D eigenvalue weighted by Crippen LogP contribution is -2.43. The smallest absolute Gasteiger partial charge is 0.233 e. The molecule has 1 saturated carbocycles. The Hall–Kier alpha value is -2.14. The number of benzene rings is 1. The van der Waals surface area contributed by atoms with E-state index in [1.165, 1.54) is 4.88 Å². The summed E-state index contributed by atoms with van der Waals surface area (Å²) >= 11 is 1.69. The standard InChI is InChI=1S/C21H25N3OS/c1-15-13-24-18(16(2)22-20(24)26-15)14-23(3)19(25)21(11-7-8-12-21)17-9-5-4-6-10-17/h4-6,9-10,13H,7-8,11-12,14H2,1-3H3. The Morgan fingerprint density at radius 1 is 1.23 bits per heavy atom. The molecule has 3 aromatic rings. The summed E-state index contributed by atoms with van der Waals surface area (Å²) in [5.41, 5.74) is 2.92. The highest BCUT2D eigenvalue weighted by Gasteiger charge is 2.44. The SMILES string of the molecule is Cc1cn2c(CN(C)C(=O)C3(c4ccccc4)CCCC3)c(C)nc2s1. The van der Waals surface area contributed by atoms with Crippen LogP contribution in [0.2, 0.25) is 0 Å². The predicted octanol–water partition coefficient (Wildman–Crippen LogP) is 4.48. The summed E-state index contributed by atoms with van der Waals surface area (Å²) in [7, 11) is 1.93. The lowest BCUT2D eigenvalue weighted by Gasteiger charge is -2.33. The van der Waals surface area contributed by atoms with E-state index in [-0.39, 0.29) is 11.3 Å². The average Bonchev–Trinajstić information content (AvgIpc) is 3.32. The summed E-state index contributed by atoms with van der Waals surface area (Å²) in [6, 6.07) is 10.3. The number of hydrogen-bond donors (Lipinski definition) is 0. The second-order valence-electron chi connectivity index (χ2n) is 7.45. The number of aromatic nitrogens is 2. The first-order valence-electron chi connectivity index (χ1n) is 9.26. The number of fused-ring (bicyclic) bond motifs is 1. The van der Waals surface area contributed by atoms with Gasteiger partial charge in [-0.15, -0.1) is 11.3 Å². The molecule has 0 N–H and O–H groups in total. The minimum Gasteiger partial charge on any atom is -0.339 e. The molecule has 4 rings (SSSR count). The van der Waals surface area contributed by atoms with Crippen LogP contribution in [0.3, 0.4) is 0 Å². The summed E-state index contributed by atoms with van der Waals surface area (Å²) in [5, 5.41) is 0. The van der Waals surface area contributed by atoms with Crippen LogP contribution in [-0.4, -0.2) is 27.2 Å². The van der Waals surface area contributed by atoms with Crippen LogP contribution < -0.4 is 0 Å². The third-order valence-electron chi connectivity index (χ3n) is 5.67. The largest absolute Gasteiger partial charge is 0.339 e. The van der Waals surface area contributed by atoms with Crippen molar-refractivity contribution in [2.45, 2.75) is 51.5 Å². The van der Waals surface area contributed by atoms with E-state index in [0.29, 0.717) is 6.54 Å². The highest BCUT2D eigenvalue weighted by molar-refractivity contribution is 7.17. The molecule has 0 bridgehead atoms. The van der Waals surface area contributed by atoms with Gasteiger partial charge >= 0.3 is 0 Å². The zero-order valence-corrected chi connectivity index (χ0v) is 16.5. The zero-order valence-electron chi connectivity index (χ0n) is 15.7. The molecule has 2 aromatic heterocycles. The van der Waals surface area contributed by atoms with Crippen LogP contribution in [0.15, 0.2) is 36.5 Å². The maximum Gasteiger partial charge on any atom is 0.233 e. The number of hydrogen-bond acceptors (Lipinski definition) is 3. The molecule has 0 radical (unpaired) electrons. The minimum absolute atomic E-state index is 0.238. The van der Waals surface area contributed by atoms with Crippen molar-refractivity contribution in [1.29, 1.82) is 0 Å². The quantitative estimate of drug-likeness (QED) is 0.682. The van der Waals surface area contributed by atoms with E-state index in [4.69, 9.17) is 0 Å². The lowest BCUT2D eigenvalue weighted by molar-refractivity contribution is -0.136. The number of amides is 1. The first-order chi connectivity index (χ1) is 12.5. The highest BCUT2D eigenvalue weighted by Crippen LogP contribution is 2.42. The van der Waals surface area contributed by atoms with Crippen molar-refractivity contribution < 1.29 is 4.79 Å². The van der Waals surface area contributed by atoms with Crippen LogP contribution in [-0.2, 0) is 16.8 Å². The van der Waals surface area contributed by atoms with Crippen LogP contribution in [0.5, 0.6) is 0 Å². The molecule has 1 aliphatic carbocycles. The Morgan fingerprint density at radius 3 is 2.62 bits per heavy atom. The summed E-state index contributed by atoms with van der Waals surface area (Å²) in [6.45, 7) is 4.72. The van der Waals surface area contributed by atoms with Gasteiger partial charge in [-0.3, -0.25) is 9.20 Å². The number of aryl methyl sites for hydroxylation is 2. The number of thiazole rings is 1. The van der Waals surface area contributed by atoms with Gasteiger partial charge in [0.05, 0.1) is 23.3 Å². The Balaban J connectivity index is 1.65. The first-order valence-corrected chi connectivity index (χ1v) is 10.1. The lowest BCUT2D eigenvalue weighted by atomic mass is 9.77. The molecule has 4 nitrogen and oxygen atoms in total. The van der Waals surface area contributed by atoms with Crippen LogP contribution >= 0.6 is 11.3 Å². The molecular formula is C21H25N3OS. The summed E-state index contributed by atoms with van der Waals surface area (Å²) in [4.78, 5) is 22.4. The Kier molecular flexibility index (Phi) is 4.35. The van der Waals surface area contributed by atoms with Crippen molar-refractivity contribution in [2.75, 3.05) is 7.05 Å². The Labute approximate surface area is 158 Å². The third kappa shape index (κ3) is 2.75. The fraction of sp³-hybridized carbons (Fsp3) is 0.429. The van der Waals surface area contributed by atoms with E-state index in [9.17, 15) is 4.79 Å². The van der Waals surface area contributed by atoms with Crippen molar-refractivity contribution in [3.8, 4) is 0 Å². The molecule has 0 spiro atoms. The topological polar surface area (TPSA) is 37.6 Å². The van der Waals surface area contributed by atoms with Gasteiger partial charge in [-0.05, 0) is 32.3 Å². The minimum atomic E-state index is -0.363. The van der Waals surface area contributed by atoms with E-state index < -0.39 is 0 Å². The van der Waals surface area contributed by atoms with Crippen molar-refractivity contribution in [3.63, 3.8) is 0 Å². The molecule has 1 aromatic carbocycles.